The van der Waals surface area contributed by atoms with E-state index in [9.17, 15) is 25.1 Å². The molecule has 1 heterocycles. The van der Waals surface area contributed by atoms with Crippen LogP contribution in [-0.4, -0.2) is 71.0 Å². The maximum Gasteiger partial charge on any atom is 0.412 e. The second-order valence-corrected chi connectivity index (χ2v) is 16.9. The molecule has 0 spiro atoms. The summed E-state index contributed by atoms with van der Waals surface area (Å²) in [7, 11) is 0. The maximum absolute atomic E-state index is 15.0. The minimum atomic E-state index is -1.46. The number of ether oxygens (including phenoxy) is 3. The summed E-state index contributed by atoms with van der Waals surface area (Å²) in [5.74, 6) is -1.68. The van der Waals surface area contributed by atoms with Crippen molar-refractivity contribution in [2.45, 2.75) is 89.2 Å². The number of fused-ring (bicyclic) bond motifs is 2. The van der Waals surface area contributed by atoms with Crippen molar-refractivity contribution in [3.05, 3.63) is 155 Å². The lowest BCUT2D eigenvalue weighted by atomic mass is 9.55. The number of carbonyl (C=O) groups excluding carboxylic acids is 2. The normalized spacial score (nSPS) is 22.3. The fraction of sp³-hybridized carbons (Fsp3) is 0.396. The number of rotatable bonds is 21. The van der Waals surface area contributed by atoms with Gasteiger partial charge in [-0.3, -0.25) is 4.79 Å². The van der Waals surface area contributed by atoms with Crippen molar-refractivity contribution in [3.63, 3.8) is 0 Å². The number of amides is 2. The molecule has 2 amide bonds. The highest BCUT2D eigenvalue weighted by Gasteiger charge is 2.65. The number of allylic oxidation sites excluding steroid dienone is 1. The predicted octanol–water partition coefficient (Wildman–Crippen LogP) is 9.23. The van der Waals surface area contributed by atoms with Crippen LogP contribution in [0.3, 0.4) is 0 Å². The van der Waals surface area contributed by atoms with Gasteiger partial charge in [-0.05, 0) is 103 Å². The third kappa shape index (κ3) is 10.8. The summed E-state index contributed by atoms with van der Waals surface area (Å²) in [6, 6.07) is 32.9. The summed E-state index contributed by atoms with van der Waals surface area (Å²) in [5.41, 5.74) is 5.16. The van der Waals surface area contributed by atoms with E-state index in [0.717, 1.165) is 47.9 Å². The van der Waals surface area contributed by atoms with Gasteiger partial charge in [-0.1, -0.05) is 97.7 Å². The predicted molar refractivity (Wildman–Crippen MR) is 248 cm³/mol. The number of unbranched alkanes of at least 4 members (excludes halogenated alkanes) is 2. The molecule has 6 atom stereocenters. The van der Waals surface area contributed by atoms with Crippen LogP contribution in [0.25, 0.3) is 0 Å². The number of oxime groups is 1. The number of carbonyl (C=O) groups is 2. The lowest BCUT2D eigenvalue weighted by Crippen LogP contribution is -2.70. The van der Waals surface area contributed by atoms with Crippen LogP contribution in [0.4, 0.5) is 4.79 Å². The Morgan fingerprint density at radius 1 is 0.954 bits per heavy atom. The largest absolute Gasteiger partial charge is 0.459 e. The highest BCUT2D eigenvalue weighted by Crippen LogP contribution is 2.62. The van der Waals surface area contributed by atoms with Gasteiger partial charge in [0.2, 0.25) is 5.79 Å². The number of nitrogens with one attached hydrogen (secondary N) is 1. The Morgan fingerprint density at radius 2 is 1.66 bits per heavy atom. The van der Waals surface area contributed by atoms with Crippen LogP contribution in [-0.2, 0) is 22.7 Å². The molecule has 12 nitrogen and oxygen atoms in total. The second-order valence-electron chi connectivity index (χ2n) is 16.9. The Hall–Kier alpha value is -6.26. The molecule has 7 rings (SSSR count). The molecule has 3 N–H and O–H groups in total. The number of benzene rings is 4. The minimum absolute atomic E-state index is 0.0150. The van der Waals surface area contributed by atoms with Gasteiger partial charge < -0.3 is 39.5 Å². The average molecular weight is 881 g/mol. The Bertz CT molecular complexity index is 2330. The molecule has 0 aromatic heterocycles. The van der Waals surface area contributed by atoms with Gasteiger partial charge in [0, 0.05) is 49.8 Å². The van der Waals surface area contributed by atoms with Crippen LogP contribution in [0.5, 0.6) is 11.5 Å². The quantitative estimate of drug-likeness (QED) is 0.0421. The lowest BCUT2D eigenvalue weighted by molar-refractivity contribution is -0.254. The van der Waals surface area contributed by atoms with Gasteiger partial charge in [0.05, 0.1) is 29.9 Å². The van der Waals surface area contributed by atoms with E-state index in [1.165, 1.54) is 0 Å². The summed E-state index contributed by atoms with van der Waals surface area (Å²) in [6.07, 6.45) is 8.59. The molecule has 1 aliphatic heterocycles. The number of nitrogens with zero attached hydrogens (tertiary/aromatic N) is 3. The first-order chi connectivity index (χ1) is 31.8. The molecular weight excluding hydrogens is 821 g/mol. The standard InChI is InChI=1S/C53H60N4O8/c1-3-27-57(51(60)40-23-21-37(34-54)22-24-40)48-33-46(56-63-36-39-17-9-6-10-18-39)44-31-41(19-11-13-28-58)43(20-12-14-29-59)49-45-32-42(64-52(61)55-35-38-15-7-5-8-16-38)25-26-47(45)65-53(48,50(44)49)62-30-4-2/h4-10,15-18,21-26,31-32,41,43,48-50,58-59H,2-3,11-14,19-20,27-30,33,35-36H2,1H3,(H,55,61). The summed E-state index contributed by atoms with van der Waals surface area (Å²) < 4.78 is 20.4. The fourth-order valence-corrected chi connectivity index (χ4v) is 9.88. The van der Waals surface area contributed by atoms with Crippen LogP contribution in [0, 0.1) is 29.1 Å². The van der Waals surface area contributed by atoms with E-state index >= 15 is 0 Å². The molecule has 4 aromatic rings. The zero-order valence-corrected chi connectivity index (χ0v) is 37.1. The van der Waals surface area contributed by atoms with E-state index in [0.29, 0.717) is 60.7 Å². The zero-order valence-electron chi connectivity index (χ0n) is 37.1. The molecular formula is C53H60N4O8. The Labute approximate surface area is 382 Å². The smallest absolute Gasteiger partial charge is 0.412 e. The van der Waals surface area contributed by atoms with Crippen molar-refractivity contribution in [1.29, 1.82) is 5.26 Å². The van der Waals surface area contributed by atoms with E-state index in [1.54, 1.807) is 36.4 Å². The van der Waals surface area contributed by atoms with Gasteiger partial charge >= 0.3 is 6.09 Å². The van der Waals surface area contributed by atoms with E-state index in [1.807, 2.05) is 84.6 Å². The van der Waals surface area contributed by atoms with Crippen LogP contribution in [0.15, 0.2) is 133 Å². The highest BCUT2D eigenvalue weighted by atomic mass is 16.7. The molecule has 4 aromatic carbocycles. The van der Waals surface area contributed by atoms with E-state index in [-0.39, 0.29) is 56.5 Å². The molecule has 1 fully saturated rings. The Balaban J connectivity index is 1.40. The summed E-state index contributed by atoms with van der Waals surface area (Å²) in [5, 5.41) is 37.3. The first-order valence-corrected chi connectivity index (χ1v) is 22.9. The molecule has 0 saturated heterocycles. The van der Waals surface area contributed by atoms with Crippen LogP contribution < -0.4 is 14.8 Å². The number of hydrogen-bond acceptors (Lipinski definition) is 10. The molecule has 340 valence electrons. The highest BCUT2D eigenvalue weighted by molar-refractivity contribution is 6.03. The number of nitriles is 1. The average Bonchev–Trinajstić information content (AvgIpc) is 3.34. The first kappa shape index (κ1) is 46.7. The summed E-state index contributed by atoms with van der Waals surface area (Å²) >= 11 is 0. The van der Waals surface area contributed by atoms with Gasteiger partial charge in [-0.25, -0.2) is 4.79 Å². The van der Waals surface area contributed by atoms with Crippen molar-refractivity contribution in [2.24, 2.45) is 22.9 Å². The van der Waals surface area contributed by atoms with Gasteiger partial charge in [0.1, 0.15) is 24.1 Å². The van der Waals surface area contributed by atoms with Crippen LogP contribution in [0.2, 0.25) is 0 Å². The molecule has 3 aliphatic rings. The number of hydrogen-bond donors (Lipinski definition) is 3. The van der Waals surface area contributed by atoms with Gasteiger partial charge in [-0.15, -0.1) is 6.58 Å². The van der Waals surface area contributed by atoms with Gasteiger partial charge in [0.15, 0.2) is 0 Å². The topological polar surface area (TPSA) is 163 Å². The Kier molecular flexibility index (Phi) is 16.2. The van der Waals surface area contributed by atoms with Crippen molar-refractivity contribution in [3.8, 4) is 17.6 Å². The molecule has 1 saturated carbocycles. The SMILES string of the molecule is C=CCOC12Oc3ccc(OC(=O)NCc4ccccc4)cc3C3C(CCCCO)C(CCCCO)C=C(C(=NOCc4ccccc4)CC1N(CCC)C(=O)c1ccc(C#N)cc1)C32. The van der Waals surface area contributed by atoms with Crippen molar-refractivity contribution >= 4 is 17.7 Å². The molecule has 2 aliphatic carbocycles. The van der Waals surface area contributed by atoms with E-state index < -0.39 is 23.8 Å². The third-order valence-corrected chi connectivity index (χ3v) is 12.7. The van der Waals surface area contributed by atoms with Crippen molar-refractivity contribution in [1.82, 2.24) is 10.2 Å². The van der Waals surface area contributed by atoms with Gasteiger partial charge in [0.25, 0.3) is 5.91 Å². The Morgan fingerprint density at radius 3 is 2.34 bits per heavy atom. The van der Waals surface area contributed by atoms with Crippen LogP contribution in [0.1, 0.15) is 96.8 Å². The third-order valence-electron chi connectivity index (χ3n) is 12.7. The monoisotopic (exact) mass is 880 g/mol. The van der Waals surface area contributed by atoms with Crippen LogP contribution >= 0.6 is 0 Å². The maximum atomic E-state index is 15.0. The van der Waals surface area contributed by atoms with Crippen molar-refractivity contribution in [2.75, 3.05) is 26.4 Å². The molecule has 0 bridgehead atoms. The fourth-order valence-electron chi connectivity index (χ4n) is 9.88. The van der Waals surface area contributed by atoms with Crippen molar-refractivity contribution < 1.29 is 38.9 Å². The minimum Gasteiger partial charge on any atom is -0.459 e. The van der Waals surface area contributed by atoms with E-state index in [4.69, 9.17) is 24.2 Å². The number of aliphatic hydroxyl groups excluding tert-OH is 2. The van der Waals surface area contributed by atoms with E-state index in [2.05, 4.69) is 24.0 Å². The summed E-state index contributed by atoms with van der Waals surface area (Å²) in [6.45, 7) is 7.19. The molecule has 0 radical (unpaired) electrons. The first-order valence-electron chi connectivity index (χ1n) is 22.9. The summed E-state index contributed by atoms with van der Waals surface area (Å²) in [4.78, 5) is 36.3. The second kappa shape index (κ2) is 22.6. The molecule has 65 heavy (non-hydrogen) atoms. The lowest BCUT2D eigenvalue weighted by Gasteiger charge is -2.60. The molecule has 12 heteroatoms. The van der Waals surface area contributed by atoms with Gasteiger partial charge in [-0.2, -0.15) is 5.26 Å². The number of aliphatic hydroxyl groups is 2. The molecule has 6 unspecified atom stereocenters. The zero-order chi connectivity index (χ0) is 45.6.